The van der Waals surface area contributed by atoms with Gasteiger partial charge in [0.1, 0.15) is 0 Å². The molecule has 1 aliphatic carbocycles. The number of para-hydroxylation sites is 1. The maximum atomic E-state index is 13.3. The highest BCUT2D eigenvalue weighted by Crippen LogP contribution is 2.40. The summed E-state index contributed by atoms with van der Waals surface area (Å²) in [5.74, 6) is -0.930. The van der Waals surface area contributed by atoms with E-state index < -0.39 is 16.4 Å². The molecule has 1 saturated heterocycles. The van der Waals surface area contributed by atoms with Crippen molar-refractivity contribution < 1.29 is 14.8 Å². The molecule has 2 fully saturated rings. The van der Waals surface area contributed by atoms with Crippen LogP contribution in [-0.2, 0) is 4.79 Å². The lowest BCUT2D eigenvalue weighted by molar-refractivity contribution is -0.398. The standard InChI is InChI=1S/C22H20BrN3O4S/c23-15-11-14(20(27)18(13-15)26(29)30)12-19-21(28)25(17-9-5-2-6-10-17)22(31-19)24-16-7-3-1-4-8-16/h1,3-4,7-8,11-13,17,27H,2,5-6,9-10H2/p-1/b19-12-,24-22?. The van der Waals surface area contributed by atoms with Crippen LogP contribution in [0.25, 0.3) is 6.08 Å². The number of carbonyl (C=O) groups excluding carboxylic acids is 1. The molecule has 31 heavy (non-hydrogen) atoms. The minimum atomic E-state index is -0.716. The van der Waals surface area contributed by atoms with E-state index in [1.165, 1.54) is 30.0 Å². The summed E-state index contributed by atoms with van der Waals surface area (Å²) in [6.45, 7) is 0. The zero-order valence-electron chi connectivity index (χ0n) is 16.5. The summed E-state index contributed by atoms with van der Waals surface area (Å²) in [4.78, 5) is 30.6. The molecular formula is C22H19BrN3O4S-. The van der Waals surface area contributed by atoms with E-state index in [9.17, 15) is 20.0 Å². The van der Waals surface area contributed by atoms with Gasteiger partial charge in [-0.2, -0.15) is 0 Å². The Bertz CT molecular complexity index is 1080. The van der Waals surface area contributed by atoms with Crippen LogP contribution in [0, 0.1) is 10.1 Å². The van der Waals surface area contributed by atoms with Gasteiger partial charge in [0.2, 0.25) is 0 Å². The highest BCUT2D eigenvalue weighted by Gasteiger charge is 2.38. The lowest BCUT2D eigenvalue weighted by Gasteiger charge is -2.30. The Labute approximate surface area is 192 Å². The van der Waals surface area contributed by atoms with Gasteiger partial charge in [-0.1, -0.05) is 53.4 Å². The Hall–Kier alpha value is -2.65. The van der Waals surface area contributed by atoms with Gasteiger partial charge in [0, 0.05) is 16.6 Å². The molecule has 2 aromatic rings. The van der Waals surface area contributed by atoms with Crippen LogP contribution in [0.2, 0.25) is 0 Å². The number of amidine groups is 1. The fraction of sp³-hybridized carbons (Fsp3) is 0.273. The molecule has 1 amide bonds. The van der Waals surface area contributed by atoms with E-state index in [2.05, 4.69) is 15.9 Å². The number of nitro benzene ring substituents is 1. The Morgan fingerprint density at radius 3 is 2.55 bits per heavy atom. The van der Waals surface area contributed by atoms with Crippen LogP contribution in [0.4, 0.5) is 11.4 Å². The molecule has 7 nitrogen and oxygen atoms in total. The molecule has 1 heterocycles. The van der Waals surface area contributed by atoms with Gasteiger partial charge >= 0.3 is 0 Å². The monoisotopic (exact) mass is 500 g/mol. The van der Waals surface area contributed by atoms with Crippen molar-refractivity contribution in [3.63, 3.8) is 0 Å². The van der Waals surface area contributed by atoms with Crippen LogP contribution in [0.5, 0.6) is 5.75 Å². The highest BCUT2D eigenvalue weighted by atomic mass is 79.9. The summed E-state index contributed by atoms with van der Waals surface area (Å²) in [5, 5.41) is 24.3. The minimum absolute atomic E-state index is 0.0608. The molecule has 0 N–H and O–H groups in total. The number of thioether (sulfide) groups is 1. The van der Waals surface area contributed by atoms with Crippen LogP contribution >= 0.6 is 27.7 Å². The molecule has 0 unspecified atom stereocenters. The van der Waals surface area contributed by atoms with Crippen molar-refractivity contribution >= 4 is 56.2 Å². The number of rotatable bonds is 4. The lowest BCUT2D eigenvalue weighted by Crippen LogP contribution is -2.40. The molecule has 0 bridgehead atoms. The fourth-order valence-corrected chi connectivity index (χ4v) is 5.34. The minimum Gasteiger partial charge on any atom is -0.867 e. The van der Waals surface area contributed by atoms with Crippen LogP contribution in [0.3, 0.4) is 0 Å². The first-order chi connectivity index (χ1) is 14.9. The maximum absolute atomic E-state index is 13.3. The molecule has 0 aromatic heterocycles. The highest BCUT2D eigenvalue weighted by molar-refractivity contribution is 9.10. The molecule has 0 radical (unpaired) electrons. The number of carbonyl (C=O) groups is 1. The molecule has 4 rings (SSSR count). The smallest absolute Gasteiger partial charge is 0.267 e. The normalized spacial score (nSPS) is 20.0. The SMILES string of the molecule is O=C1/C(=C/c2cc(Br)cc([N+](=O)[O-])c2[O-])SC(=Nc2ccccc2)N1C1CCCCC1. The maximum Gasteiger partial charge on any atom is 0.267 e. The Balaban J connectivity index is 1.75. The number of nitro groups is 1. The van der Waals surface area contributed by atoms with Crippen molar-refractivity contribution in [1.29, 1.82) is 0 Å². The van der Waals surface area contributed by atoms with E-state index in [0.29, 0.717) is 14.5 Å². The summed E-state index contributed by atoms with van der Waals surface area (Å²) < 4.78 is 0.406. The van der Waals surface area contributed by atoms with E-state index >= 15 is 0 Å². The molecular weight excluding hydrogens is 482 g/mol. The first-order valence-electron chi connectivity index (χ1n) is 9.96. The molecule has 0 atom stereocenters. The second-order valence-corrected chi connectivity index (χ2v) is 9.33. The molecule has 0 spiro atoms. The van der Waals surface area contributed by atoms with Gasteiger partial charge in [0.15, 0.2) is 5.17 Å². The number of benzene rings is 2. The molecule has 2 aliphatic rings. The Morgan fingerprint density at radius 1 is 1.16 bits per heavy atom. The van der Waals surface area contributed by atoms with Gasteiger partial charge in [-0.05, 0) is 60.2 Å². The van der Waals surface area contributed by atoms with Crippen LogP contribution in [0.15, 0.2) is 56.8 Å². The van der Waals surface area contributed by atoms with Crippen molar-refractivity contribution in [3.05, 3.63) is 67.5 Å². The van der Waals surface area contributed by atoms with Crippen LogP contribution < -0.4 is 5.11 Å². The molecule has 1 aliphatic heterocycles. The van der Waals surface area contributed by atoms with E-state index in [-0.39, 0.29) is 17.5 Å². The van der Waals surface area contributed by atoms with Crippen LogP contribution in [0.1, 0.15) is 37.7 Å². The van der Waals surface area contributed by atoms with Crippen molar-refractivity contribution in [2.24, 2.45) is 4.99 Å². The third kappa shape index (κ3) is 4.67. The van der Waals surface area contributed by atoms with Crippen molar-refractivity contribution in [2.75, 3.05) is 0 Å². The number of halogens is 1. The Kier molecular flexibility index (Phi) is 6.43. The zero-order chi connectivity index (χ0) is 22.0. The largest absolute Gasteiger partial charge is 0.867 e. The van der Waals surface area contributed by atoms with Gasteiger partial charge in [-0.15, -0.1) is 0 Å². The number of hydrogen-bond donors (Lipinski definition) is 0. The molecule has 2 aromatic carbocycles. The average molecular weight is 501 g/mol. The third-order valence-corrected chi connectivity index (χ3v) is 6.74. The zero-order valence-corrected chi connectivity index (χ0v) is 18.9. The topological polar surface area (TPSA) is 98.9 Å². The van der Waals surface area contributed by atoms with Crippen LogP contribution in [-0.4, -0.2) is 26.9 Å². The number of aliphatic imine (C=N–C) groups is 1. The van der Waals surface area contributed by atoms with E-state index in [0.717, 1.165) is 37.8 Å². The van der Waals surface area contributed by atoms with Gasteiger partial charge < -0.3 is 5.11 Å². The van der Waals surface area contributed by atoms with E-state index in [1.807, 2.05) is 30.3 Å². The third-order valence-electron chi connectivity index (χ3n) is 5.30. The average Bonchev–Trinajstić information content (AvgIpc) is 3.06. The molecule has 1 saturated carbocycles. The fourth-order valence-electron chi connectivity index (χ4n) is 3.82. The summed E-state index contributed by atoms with van der Waals surface area (Å²) >= 11 is 4.41. The van der Waals surface area contributed by atoms with Gasteiger partial charge in [-0.3, -0.25) is 19.8 Å². The summed E-state index contributed by atoms with van der Waals surface area (Å²) in [6.07, 6.45) is 6.51. The number of amides is 1. The van der Waals surface area contributed by atoms with Gasteiger partial charge in [0.25, 0.3) is 11.6 Å². The predicted octanol–water partition coefficient (Wildman–Crippen LogP) is 5.37. The van der Waals surface area contributed by atoms with Crippen molar-refractivity contribution in [3.8, 4) is 5.75 Å². The summed E-state index contributed by atoms with van der Waals surface area (Å²) in [6, 6.07) is 12.1. The Morgan fingerprint density at radius 2 is 1.87 bits per heavy atom. The van der Waals surface area contributed by atoms with E-state index in [1.54, 1.807) is 4.90 Å². The quantitative estimate of drug-likeness (QED) is 0.319. The summed E-state index contributed by atoms with van der Waals surface area (Å²) in [7, 11) is 0. The van der Waals surface area contributed by atoms with Crippen molar-refractivity contribution in [2.45, 2.75) is 38.1 Å². The second kappa shape index (κ2) is 9.23. The van der Waals surface area contributed by atoms with Gasteiger partial charge in [-0.25, -0.2) is 4.99 Å². The van der Waals surface area contributed by atoms with Crippen molar-refractivity contribution in [1.82, 2.24) is 4.90 Å². The first kappa shape index (κ1) is 21.6. The van der Waals surface area contributed by atoms with Gasteiger partial charge in [0.05, 0.1) is 15.5 Å². The lowest BCUT2D eigenvalue weighted by atomic mass is 9.94. The predicted molar refractivity (Wildman–Crippen MR) is 123 cm³/mol. The second-order valence-electron chi connectivity index (χ2n) is 7.41. The molecule has 9 heteroatoms. The first-order valence-corrected chi connectivity index (χ1v) is 11.6. The molecule has 160 valence electrons. The number of hydrogen-bond acceptors (Lipinski definition) is 6. The number of nitrogens with zero attached hydrogens (tertiary/aromatic N) is 3. The van der Waals surface area contributed by atoms with E-state index in [4.69, 9.17) is 4.99 Å². The summed E-state index contributed by atoms with van der Waals surface area (Å²) in [5.41, 5.74) is 0.308.